The zero-order chi connectivity index (χ0) is 13.9. The summed E-state index contributed by atoms with van der Waals surface area (Å²) < 4.78 is 0. The van der Waals surface area contributed by atoms with Crippen LogP contribution in [-0.2, 0) is 4.79 Å². The summed E-state index contributed by atoms with van der Waals surface area (Å²) in [4.78, 5) is 25.3. The molecular weight excluding hydrogens is 244 g/mol. The van der Waals surface area contributed by atoms with Crippen LogP contribution in [0, 0.1) is 5.92 Å². The minimum atomic E-state index is -0.993. The maximum Gasteiger partial charge on any atom is 0.329 e. The number of nitrogens with zero attached hydrogens (tertiary/aromatic N) is 1. The topological polar surface area (TPSA) is 69.6 Å². The Kier molecular flexibility index (Phi) is 4.32. The molecule has 1 unspecified atom stereocenters. The Balaban J connectivity index is 1.91. The number of hydrogen-bond acceptors (Lipinski definition) is 2. The molecule has 19 heavy (non-hydrogen) atoms. The van der Waals surface area contributed by atoms with E-state index in [-0.39, 0.29) is 6.03 Å². The molecule has 0 aromatic heterocycles. The highest BCUT2D eigenvalue weighted by atomic mass is 16.4. The molecule has 2 rings (SSSR count). The van der Waals surface area contributed by atoms with Crippen LogP contribution in [0.5, 0.6) is 0 Å². The molecule has 1 aliphatic carbocycles. The number of urea groups is 1. The lowest BCUT2D eigenvalue weighted by Crippen LogP contribution is -2.61. The van der Waals surface area contributed by atoms with E-state index in [9.17, 15) is 14.7 Å². The molecule has 0 aromatic carbocycles. The number of hydrogen-bond donors (Lipinski definition) is 2. The van der Waals surface area contributed by atoms with E-state index in [0.717, 1.165) is 38.8 Å². The Morgan fingerprint density at radius 3 is 2.53 bits per heavy atom. The number of carboxylic acids is 1. The van der Waals surface area contributed by atoms with Gasteiger partial charge in [-0.25, -0.2) is 9.59 Å². The van der Waals surface area contributed by atoms with Crippen LogP contribution in [0.4, 0.5) is 4.79 Å². The molecule has 0 aromatic rings. The van der Waals surface area contributed by atoms with Crippen molar-refractivity contribution in [3.8, 4) is 0 Å². The molecule has 2 fully saturated rings. The molecule has 5 nitrogen and oxygen atoms in total. The van der Waals surface area contributed by atoms with E-state index in [2.05, 4.69) is 12.2 Å². The van der Waals surface area contributed by atoms with Crippen LogP contribution in [0.2, 0.25) is 0 Å². The van der Waals surface area contributed by atoms with Gasteiger partial charge in [-0.1, -0.05) is 13.3 Å². The van der Waals surface area contributed by atoms with Gasteiger partial charge in [-0.2, -0.15) is 0 Å². The largest absolute Gasteiger partial charge is 0.480 e. The zero-order valence-corrected chi connectivity index (χ0v) is 11.7. The van der Waals surface area contributed by atoms with Gasteiger partial charge < -0.3 is 15.3 Å². The molecule has 2 amide bonds. The Bertz CT molecular complexity index is 353. The van der Waals surface area contributed by atoms with Gasteiger partial charge in [0.15, 0.2) is 0 Å². The van der Waals surface area contributed by atoms with Crippen molar-refractivity contribution in [3.05, 3.63) is 0 Å². The number of aliphatic carboxylic acids is 1. The molecule has 1 atom stereocenters. The summed E-state index contributed by atoms with van der Waals surface area (Å²) >= 11 is 0. The molecule has 2 aliphatic rings. The van der Waals surface area contributed by atoms with Gasteiger partial charge in [0, 0.05) is 13.1 Å². The van der Waals surface area contributed by atoms with E-state index in [1.807, 2.05) is 0 Å². The maximum absolute atomic E-state index is 12.2. The van der Waals surface area contributed by atoms with Crippen molar-refractivity contribution in [3.63, 3.8) is 0 Å². The monoisotopic (exact) mass is 268 g/mol. The van der Waals surface area contributed by atoms with Gasteiger partial charge in [-0.15, -0.1) is 0 Å². The molecule has 1 saturated heterocycles. The first-order valence-corrected chi connectivity index (χ1v) is 7.38. The lowest BCUT2D eigenvalue weighted by atomic mass is 9.77. The first-order chi connectivity index (χ1) is 9.07. The van der Waals surface area contributed by atoms with Crippen LogP contribution in [0.3, 0.4) is 0 Å². The van der Waals surface area contributed by atoms with Crippen LogP contribution < -0.4 is 5.32 Å². The van der Waals surface area contributed by atoms with Crippen molar-refractivity contribution < 1.29 is 14.7 Å². The third-order valence-corrected chi connectivity index (χ3v) is 4.67. The number of nitrogens with one attached hydrogen (secondary N) is 1. The number of carbonyl (C=O) groups is 2. The molecular formula is C14H24N2O3. The summed E-state index contributed by atoms with van der Waals surface area (Å²) in [6, 6.07) is -0.196. The lowest BCUT2D eigenvalue weighted by Gasteiger charge is -2.39. The van der Waals surface area contributed by atoms with E-state index in [1.165, 1.54) is 6.42 Å². The molecule has 1 heterocycles. The summed E-state index contributed by atoms with van der Waals surface area (Å²) in [5, 5.41) is 12.0. The fourth-order valence-corrected chi connectivity index (χ4v) is 2.98. The highest BCUT2D eigenvalue weighted by Crippen LogP contribution is 2.32. The standard InChI is InChI=1S/C14H24N2O3/c1-2-11-5-3-9-16(10-6-11)13(19)15-14(12(17)18)7-4-8-14/h11H,2-10H2,1H3,(H,15,19)(H,17,18). The predicted molar refractivity (Wildman–Crippen MR) is 72.0 cm³/mol. The van der Waals surface area contributed by atoms with Crippen molar-refractivity contribution in [1.82, 2.24) is 10.2 Å². The number of likely N-dealkylation sites (tertiary alicyclic amines) is 1. The van der Waals surface area contributed by atoms with Crippen molar-refractivity contribution in [1.29, 1.82) is 0 Å². The van der Waals surface area contributed by atoms with E-state index >= 15 is 0 Å². The lowest BCUT2D eigenvalue weighted by molar-refractivity contribution is -0.148. The van der Waals surface area contributed by atoms with Crippen molar-refractivity contribution in [2.24, 2.45) is 5.92 Å². The summed E-state index contributed by atoms with van der Waals surface area (Å²) in [5.74, 6) is -0.191. The first kappa shape index (κ1) is 14.2. The summed E-state index contributed by atoms with van der Waals surface area (Å²) in [5.41, 5.74) is -0.993. The second-order valence-corrected chi connectivity index (χ2v) is 5.86. The summed E-state index contributed by atoms with van der Waals surface area (Å²) in [6.07, 6.45) is 6.37. The van der Waals surface area contributed by atoms with Crippen molar-refractivity contribution in [2.75, 3.05) is 13.1 Å². The van der Waals surface area contributed by atoms with Gasteiger partial charge in [-0.05, 0) is 44.4 Å². The van der Waals surface area contributed by atoms with Gasteiger partial charge in [0.1, 0.15) is 5.54 Å². The summed E-state index contributed by atoms with van der Waals surface area (Å²) in [6.45, 7) is 3.69. The van der Waals surface area contributed by atoms with Crippen LogP contribution in [0.15, 0.2) is 0 Å². The maximum atomic E-state index is 12.2. The highest BCUT2D eigenvalue weighted by Gasteiger charge is 2.46. The average molecular weight is 268 g/mol. The van der Waals surface area contributed by atoms with Gasteiger partial charge in [0.05, 0.1) is 0 Å². The zero-order valence-electron chi connectivity index (χ0n) is 11.7. The SMILES string of the molecule is CCC1CCCN(C(=O)NC2(C(=O)O)CCC2)CC1. The highest BCUT2D eigenvalue weighted by molar-refractivity contribution is 5.87. The number of rotatable bonds is 3. The van der Waals surface area contributed by atoms with Crippen LogP contribution >= 0.6 is 0 Å². The second kappa shape index (κ2) is 5.80. The molecule has 0 bridgehead atoms. The van der Waals surface area contributed by atoms with E-state index in [4.69, 9.17) is 0 Å². The number of carbonyl (C=O) groups excluding carboxylic acids is 1. The molecule has 1 saturated carbocycles. The van der Waals surface area contributed by atoms with E-state index in [1.54, 1.807) is 4.90 Å². The van der Waals surface area contributed by atoms with Crippen LogP contribution in [0.25, 0.3) is 0 Å². The molecule has 2 N–H and O–H groups in total. The predicted octanol–water partition coefficient (Wildman–Crippen LogP) is 2.22. The van der Waals surface area contributed by atoms with E-state index in [0.29, 0.717) is 18.8 Å². The third kappa shape index (κ3) is 3.01. The third-order valence-electron chi connectivity index (χ3n) is 4.67. The Hall–Kier alpha value is -1.26. The molecule has 0 spiro atoms. The van der Waals surface area contributed by atoms with Crippen LogP contribution in [-0.4, -0.2) is 40.6 Å². The smallest absolute Gasteiger partial charge is 0.329 e. The average Bonchev–Trinajstić information content (AvgIpc) is 2.58. The van der Waals surface area contributed by atoms with Gasteiger partial charge in [0.2, 0.25) is 0 Å². The van der Waals surface area contributed by atoms with Crippen molar-refractivity contribution in [2.45, 2.75) is 57.4 Å². The van der Waals surface area contributed by atoms with Gasteiger partial charge in [0.25, 0.3) is 0 Å². The summed E-state index contributed by atoms with van der Waals surface area (Å²) in [7, 11) is 0. The quantitative estimate of drug-likeness (QED) is 0.824. The minimum absolute atomic E-state index is 0.196. The number of carboxylic acid groups (broad SMARTS) is 1. The normalized spacial score (nSPS) is 26.2. The Labute approximate surface area is 114 Å². The molecule has 108 valence electrons. The Morgan fingerprint density at radius 1 is 1.26 bits per heavy atom. The molecule has 5 heteroatoms. The molecule has 1 aliphatic heterocycles. The second-order valence-electron chi connectivity index (χ2n) is 5.86. The van der Waals surface area contributed by atoms with Crippen molar-refractivity contribution >= 4 is 12.0 Å². The molecule has 0 radical (unpaired) electrons. The van der Waals surface area contributed by atoms with E-state index < -0.39 is 11.5 Å². The fraction of sp³-hybridized carbons (Fsp3) is 0.857. The van der Waals surface area contributed by atoms with Gasteiger partial charge in [-0.3, -0.25) is 0 Å². The minimum Gasteiger partial charge on any atom is -0.480 e. The first-order valence-electron chi connectivity index (χ1n) is 7.38. The number of amides is 2. The fourth-order valence-electron chi connectivity index (χ4n) is 2.98. The van der Waals surface area contributed by atoms with Gasteiger partial charge >= 0.3 is 12.0 Å². The van der Waals surface area contributed by atoms with Crippen LogP contribution in [0.1, 0.15) is 51.9 Å². The Morgan fingerprint density at radius 2 is 2.00 bits per heavy atom.